The minimum atomic E-state index is -0.291. The van der Waals surface area contributed by atoms with Crippen molar-refractivity contribution in [2.45, 2.75) is 51.7 Å². The number of benzene rings is 2. The lowest BCUT2D eigenvalue weighted by atomic mass is 9.97. The number of rotatable bonds is 4. The first-order chi connectivity index (χ1) is 14.5. The zero-order valence-corrected chi connectivity index (χ0v) is 17.9. The van der Waals surface area contributed by atoms with Crippen molar-refractivity contribution >= 4 is 5.91 Å². The highest BCUT2D eigenvalue weighted by atomic mass is 19.1. The number of piperidine rings is 2. The van der Waals surface area contributed by atoms with Crippen molar-refractivity contribution < 1.29 is 13.9 Å². The second kappa shape index (κ2) is 9.17. The Morgan fingerprint density at radius 3 is 2.33 bits per heavy atom. The molecule has 0 N–H and O–H groups in total. The Hall–Kier alpha value is -2.40. The molecule has 0 unspecified atom stereocenters. The monoisotopic (exact) mass is 410 g/mol. The summed E-state index contributed by atoms with van der Waals surface area (Å²) in [7, 11) is 0. The van der Waals surface area contributed by atoms with Gasteiger partial charge in [0.15, 0.2) is 11.6 Å². The van der Waals surface area contributed by atoms with Gasteiger partial charge in [0.1, 0.15) is 6.10 Å². The normalized spacial score (nSPS) is 19.1. The molecule has 5 heteroatoms. The molecule has 30 heavy (non-hydrogen) atoms. The number of para-hydroxylation sites is 1. The van der Waals surface area contributed by atoms with Crippen molar-refractivity contribution in [3.05, 3.63) is 65.0 Å². The first-order valence-corrected chi connectivity index (χ1v) is 11.0. The Morgan fingerprint density at radius 2 is 1.67 bits per heavy atom. The van der Waals surface area contributed by atoms with Gasteiger partial charge in [-0.1, -0.05) is 29.8 Å². The van der Waals surface area contributed by atoms with E-state index >= 15 is 0 Å². The number of hydrogen-bond acceptors (Lipinski definition) is 3. The first-order valence-electron chi connectivity index (χ1n) is 11.0. The fraction of sp³-hybridized carbons (Fsp3) is 0.480. The molecule has 2 saturated heterocycles. The van der Waals surface area contributed by atoms with Crippen LogP contribution in [0.1, 0.15) is 47.2 Å². The van der Waals surface area contributed by atoms with E-state index in [0.29, 0.717) is 11.8 Å². The number of amides is 1. The van der Waals surface area contributed by atoms with Gasteiger partial charge in [-0.2, -0.15) is 0 Å². The maximum absolute atomic E-state index is 13.8. The summed E-state index contributed by atoms with van der Waals surface area (Å²) < 4.78 is 19.7. The zero-order valence-electron chi connectivity index (χ0n) is 17.9. The van der Waals surface area contributed by atoms with Gasteiger partial charge in [0.2, 0.25) is 0 Å². The second-order valence-corrected chi connectivity index (χ2v) is 8.63. The molecule has 2 aromatic carbocycles. The molecule has 2 heterocycles. The van der Waals surface area contributed by atoms with Crippen LogP contribution in [0.5, 0.6) is 5.75 Å². The molecule has 0 spiro atoms. The maximum Gasteiger partial charge on any atom is 0.254 e. The molecule has 0 aromatic heterocycles. The molecule has 0 atom stereocenters. The van der Waals surface area contributed by atoms with Crippen LogP contribution in [0.4, 0.5) is 4.39 Å². The van der Waals surface area contributed by atoms with Gasteiger partial charge < -0.3 is 9.64 Å². The lowest BCUT2D eigenvalue weighted by molar-refractivity contribution is 0.0416. The van der Waals surface area contributed by atoms with Crippen molar-refractivity contribution in [1.82, 2.24) is 9.80 Å². The summed E-state index contributed by atoms with van der Waals surface area (Å²) in [5.74, 6) is 0.220. The van der Waals surface area contributed by atoms with E-state index in [9.17, 15) is 9.18 Å². The van der Waals surface area contributed by atoms with Crippen LogP contribution in [-0.2, 0) is 0 Å². The van der Waals surface area contributed by atoms with Gasteiger partial charge in [-0.05, 0) is 63.3 Å². The summed E-state index contributed by atoms with van der Waals surface area (Å²) >= 11 is 0. The number of halogens is 1. The molecule has 2 aliphatic heterocycles. The lowest BCUT2D eigenvalue weighted by Crippen LogP contribution is -2.50. The topological polar surface area (TPSA) is 32.8 Å². The summed E-state index contributed by atoms with van der Waals surface area (Å²) in [6.07, 6.45) is 3.92. The molecule has 2 fully saturated rings. The van der Waals surface area contributed by atoms with Crippen molar-refractivity contribution in [2.24, 2.45) is 0 Å². The molecule has 1 amide bonds. The zero-order chi connectivity index (χ0) is 21.1. The number of aryl methyl sites for hydroxylation is 2. The van der Waals surface area contributed by atoms with E-state index in [2.05, 4.69) is 17.9 Å². The van der Waals surface area contributed by atoms with E-state index in [1.54, 1.807) is 18.2 Å². The summed E-state index contributed by atoms with van der Waals surface area (Å²) in [6.45, 7) is 7.62. The van der Waals surface area contributed by atoms with Gasteiger partial charge in [-0.15, -0.1) is 0 Å². The number of likely N-dealkylation sites (tertiary alicyclic amines) is 2. The quantitative estimate of drug-likeness (QED) is 0.739. The Balaban J connectivity index is 1.26. The molecule has 0 aliphatic carbocycles. The van der Waals surface area contributed by atoms with Crippen LogP contribution in [0.15, 0.2) is 42.5 Å². The second-order valence-electron chi connectivity index (χ2n) is 8.63. The molecular formula is C25H31FN2O2. The van der Waals surface area contributed by atoms with E-state index < -0.39 is 0 Å². The highest BCUT2D eigenvalue weighted by Crippen LogP contribution is 2.26. The van der Waals surface area contributed by atoms with E-state index in [4.69, 9.17) is 4.74 Å². The molecule has 4 rings (SSSR count). The van der Waals surface area contributed by atoms with Gasteiger partial charge in [-0.25, -0.2) is 4.39 Å². The summed E-state index contributed by atoms with van der Waals surface area (Å²) in [4.78, 5) is 17.5. The van der Waals surface area contributed by atoms with E-state index in [1.807, 2.05) is 24.0 Å². The van der Waals surface area contributed by atoms with Gasteiger partial charge in [0, 0.05) is 37.8 Å². The Kier molecular flexibility index (Phi) is 6.38. The summed E-state index contributed by atoms with van der Waals surface area (Å²) in [5.41, 5.74) is 3.06. The molecule has 2 aliphatic rings. The standard InChI is InChI=1S/C25H31FN2O2/c1-18-7-8-22(19(2)17-18)25(29)28-13-9-20(10-14-28)27-15-11-21(12-16-27)30-24-6-4-3-5-23(24)26/h3-8,17,20-21H,9-16H2,1-2H3. The highest BCUT2D eigenvalue weighted by Gasteiger charge is 2.31. The van der Waals surface area contributed by atoms with E-state index in [1.165, 1.54) is 11.6 Å². The third kappa shape index (κ3) is 4.67. The molecular weight excluding hydrogens is 379 g/mol. The van der Waals surface area contributed by atoms with Crippen LogP contribution in [-0.4, -0.2) is 54.0 Å². The average Bonchev–Trinajstić information content (AvgIpc) is 2.76. The van der Waals surface area contributed by atoms with Crippen LogP contribution < -0.4 is 4.74 Å². The smallest absolute Gasteiger partial charge is 0.254 e. The summed E-state index contributed by atoms with van der Waals surface area (Å²) in [5, 5.41) is 0. The average molecular weight is 411 g/mol. The number of carbonyl (C=O) groups is 1. The van der Waals surface area contributed by atoms with Gasteiger partial charge >= 0.3 is 0 Å². The van der Waals surface area contributed by atoms with Crippen LogP contribution in [0, 0.1) is 19.7 Å². The fourth-order valence-corrected chi connectivity index (χ4v) is 4.74. The SMILES string of the molecule is Cc1ccc(C(=O)N2CCC(N3CCC(Oc4ccccc4F)CC3)CC2)c(C)c1. The Morgan fingerprint density at radius 1 is 0.967 bits per heavy atom. The predicted molar refractivity (Wildman–Crippen MR) is 116 cm³/mol. The van der Waals surface area contributed by atoms with E-state index in [-0.39, 0.29) is 17.8 Å². The fourth-order valence-electron chi connectivity index (χ4n) is 4.74. The van der Waals surface area contributed by atoms with Gasteiger partial charge in [-0.3, -0.25) is 9.69 Å². The Labute approximate surface area is 178 Å². The first kappa shape index (κ1) is 20.9. The number of carbonyl (C=O) groups excluding carboxylic acids is 1. The van der Waals surface area contributed by atoms with Crippen molar-refractivity contribution in [3.8, 4) is 5.75 Å². The maximum atomic E-state index is 13.8. The molecule has 4 nitrogen and oxygen atoms in total. The van der Waals surface area contributed by atoms with Crippen LogP contribution in [0.2, 0.25) is 0 Å². The molecule has 2 aromatic rings. The van der Waals surface area contributed by atoms with Crippen molar-refractivity contribution in [2.75, 3.05) is 26.2 Å². The molecule has 0 saturated carbocycles. The van der Waals surface area contributed by atoms with Gasteiger partial charge in [0.25, 0.3) is 5.91 Å². The minimum Gasteiger partial charge on any atom is -0.487 e. The van der Waals surface area contributed by atoms with E-state index in [0.717, 1.165) is 63.0 Å². The number of ether oxygens (including phenoxy) is 1. The van der Waals surface area contributed by atoms with Crippen LogP contribution >= 0.6 is 0 Å². The van der Waals surface area contributed by atoms with Crippen LogP contribution in [0.3, 0.4) is 0 Å². The summed E-state index contributed by atoms with van der Waals surface area (Å²) in [6, 6.07) is 13.2. The minimum absolute atomic E-state index is 0.0735. The van der Waals surface area contributed by atoms with Crippen molar-refractivity contribution in [1.29, 1.82) is 0 Å². The predicted octanol–water partition coefficient (Wildman–Crippen LogP) is 4.59. The molecule has 160 valence electrons. The third-order valence-electron chi connectivity index (χ3n) is 6.49. The molecule has 0 radical (unpaired) electrons. The lowest BCUT2D eigenvalue weighted by Gasteiger charge is -2.41. The van der Waals surface area contributed by atoms with Gasteiger partial charge in [0.05, 0.1) is 0 Å². The largest absolute Gasteiger partial charge is 0.487 e. The third-order valence-corrected chi connectivity index (χ3v) is 6.49. The Bertz CT molecular complexity index is 884. The van der Waals surface area contributed by atoms with Crippen molar-refractivity contribution in [3.63, 3.8) is 0 Å². The highest BCUT2D eigenvalue weighted by molar-refractivity contribution is 5.95. The number of nitrogens with zero attached hydrogens (tertiary/aromatic N) is 2. The van der Waals surface area contributed by atoms with Crippen LogP contribution in [0.25, 0.3) is 0 Å². The molecule has 0 bridgehead atoms. The number of hydrogen-bond donors (Lipinski definition) is 0.